The molecule has 3 heteroatoms. The van der Waals surface area contributed by atoms with E-state index in [1.165, 1.54) is 25.8 Å². The van der Waals surface area contributed by atoms with Crippen molar-refractivity contribution in [1.82, 2.24) is 5.32 Å². The van der Waals surface area contributed by atoms with Crippen molar-refractivity contribution in [3.05, 3.63) is 0 Å². The van der Waals surface area contributed by atoms with E-state index in [1.54, 1.807) is 0 Å². The van der Waals surface area contributed by atoms with Crippen LogP contribution in [0.1, 0.15) is 19.3 Å². The molecule has 0 aromatic carbocycles. The molecule has 0 amide bonds. The zero-order valence-electron chi connectivity index (χ0n) is 5.40. The first kappa shape index (κ1) is 9.92. The number of alkyl halides is 1. The van der Waals surface area contributed by atoms with Crippen LogP contribution in [0.25, 0.3) is 0 Å². The lowest BCUT2D eigenvalue weighted by molar-refractivity contribution is 0.431. The minimum absolute atomic E-state index is 0. The van der Waals surface area contributed by atoms with Crippen LogP contribution >= 0.6 is 32.9 Å². The van der Waals surface area contributed by atoms with Gasteiger partial charge in [0.2, 0.25) is 0 Å². The van der Waals surface area contributed by atoms with Gasteiger partial charge in [-0.2, -0.15) is 0 Å². The molecule has 1 nitrogen and oxygen atoms in total. The van der Waals surface area contributed by atoms with Gasteiger partial charge >= 0.3 is 0 Å². The van der Waals surface area contributed by atoms with Crippen LogP contribution in [0.15, 0.2) is 0 Å². The van der Waals surface area contributed by atoms with Gasteiger partial charge in [-0.05, 0) is 19.4 Å². The highest BCUT2D eigenvalue weighted by molar-refractivity contribution is 9.09. The van der Waals surface area contributed by atoms with Gasteiger partial charge in [0, 0.05) is 11.4 Å². The normalized spacial score (nSPS) is 27.0. The van der Waals surface area contributed by atoms with Crippen molar-refractivity contribution in [2.24, 2.45) is 0 Å². The summed E-state index contributed by atoms with van der Waals surface area (Å²) in [5.74, 6) is 0. The first-order valence-electron chi connectivity index (χ1n) is 3.23. The Kier molecular flexibility index (Phi) is 6.27. The number of hydrogen-bond acceptors (Lipinski definition) is 1. The second-order valence-corrected chi connectivity index (χ2v) is 2.95. The Morgan fingerprint density at radius 1 is 1.44 bits per heavy atom. The van der Waals surface area contributed by atoms with E-state index in [0.717, 1.165) is 11.4 Å². The molecule has 1 unspecified atom stereocenters. The Morgan fingerprint density at radius 2 is 2.22 bits per heavy atom. The van der Waals surface area contributed by atoms with Gasteiger partial charge in [-0.3, -0.25) is 0 Å². The molecular weight excluding hydrogens is 246 g/mol. The molecule has 0 aromatic rings. The zero-order valence-corrected chi connectivity index (χ0v) is 8.70. The van der Waals surface area contributed by atoms with Crippen molar-refractivity contribution < 1.29 is 0 Å². The van der Waals surface area contributed by atoms with Gasteiger partial charge in [0.25, 0.3) is 0 Å². The minimum Gasteiger partial charge on any atom is -0.313 e. The molecule has 0 saturated carbocycles. The average molecular weight is 259 g/mol. The molecule has 1 fully saturated rings. The molecule has 0 bridgehead atoms. The van der Waals surface area contributed by atoms with E-state index in [0.29, 0.717) is 0 Å². The standard InChI is InChI=1S/C6H12BrN.BrH/c7-5-6-3-1-2-4-8-6;/h6,8H,1-5H2;1H. The third kappa shape index (κ3) is 3.58. The second kappa shape index (κ2) is 5.69. The predicted octanol–water partition coefficient (Wildman–Crippen LogP) is 2.10. The summed E-state index contributed by atoms with van der Waals surface area (Å²) in [5.41, 5.74) is 0. The van der Waals surface area contributed by atoms with Crippen LogP contribution in [-0.2, 0) is 0 Å². The number of nitrogens with one attached hydrogen (secondary N) is 1. The molecule has 0 spiro atoms. The first-order chi connectivity index (χ1) is 3.93. The fourth-order valence-corrected chi connectivity index (χ4v) is 1.61. The zero-order chi connectivity index (χ0) is 5.82. The summed E-state index contributed by atoms with van der Waals surface area (Å²) in [6, 6.07) is 0.753. The van der Waals surface area contributed by atoms with Gasteiger partial charge in [0.05, 0.1) is 0 Å². The van der Waals surface area contributed by atoms with Crippen molar-refractivity contribution in [2.75, 3.05) is 11.9 Å². The molecule has 56 valence electrons. The molecular formula is C6H13Br2N. The highest BCUT2D eigenvalue weighted by Gasteiger charge is 2.09. The Hall–Kier alpha value is 0.920. The smallest absolute Gasteiger partial charge is 0.0186 e. The molecule has 1 aliphatic heterocycles. The van der Waals surface area contributed by atoms with Crippen molar-refractivity contribution in [2.45, 2.75) is 25.3 Å². The average Bonchev–Trinajstić information content (AvgIpc) is 1.90. The van der Waals surface area contributed by atoms with Gasteiger partial charge in [-0.1, -0.05) is 22.4 Å². The second-order valence-electron chi connectivity index (χ2n) is 2.30. The maximum atomic E-state index is 3.45. The summed E-state index contributed by atoms with van der Waals surface area (Å²) in [6.45, 7) is 1.22. The highest BCUT2D eigenvalue weighted by atomic mass is 79.9. The maximum Gasteiger partial charge on any atom is 0.0186 e. The Labute approximate surface area is 75.5 Å². The summed E-state index contributed by atoms with van der Waals surface area (Å²) in [4.78, 5) is 0. The van der Waals surface area contributed by atoms with Crippen molar-refractivity contribution in [1.29, 1.82) is 0 Å². The third-order valence-electron chi connectivity index (χ3n) is 1.60. The van der Waals surface area contributed by atoms with Crippen LogP contribution in [-0.4, -0.2) is 17.9 Å². The fraction of sp³-hybridized carbons (Fsp3) is 1.00. The Bertz CT molecular complexity index is 62.1. The quantitative estimate of drug-likeness (QED) is 0.711. The van der Waals surface area contributed by atoms with E-state index in [1.807, 2.05) is 0 Å². The van der Waals surface area contributed by atoms with Gasteiger partial charge < -0.3 is 5.32 Å². The van der Waals surface area contributed by atoms with Crippen LogP contribution in [0.3, 0.4) is 0 Å². The SMILES string of the molecule is Br.BrCC1CCCCN1. The third-order valence-corrected chi connectivity index (χ3v) is 2.38. The molecule has 1 rings (SSSR count). The van der Waals surface area contributed by atoms with Crippen LogP contribution in [0, 0.1) is 0 Å². The monoisotopic (exact) mass is 257 g/mol. The highest BCUT2D eigenvalue weighted by Crippen LogP contribution is 2.07. The number of rotatable bonds is 1. The predicted molar refractivity (Wildman–Crippen MR) is 49.8 cm³/mol. The Morgan fingerprint density at radius 3 is 2.56 bits per heavy atom. The van der Waals surface area contributed by atoms with E-state index < -0.39 is 0 Å². The van der Waals surface area contributed by atoms with Crippen LogP contribution in [0.2, 0.25) is 0 Å². The minimum atomic E-state index is 0. The number of piperidine rings is 1. The van der Waals surface area contributed by atoms with E-state index in [9.17, 15) is 0 Å². The molecule has 1 atom stereocenters. The molecule has 1 saturated heterocycles. The van der Waals surface area contributed by atoms with Gasteiger partial charge in [-0.15, -0.1) is 17.0 Å². The summed E-state index contributed by atoms with van der Waals surface area (Å²) in [5, 5.41) is 4.54. The first-order valence-corrected chi connectivity index (χ1v) is 4.35. The molecule has 1 N–H and O–H groups in total. The molecule has 9 heavy (non-hydrogen) atoms. The van der Waals surface area contributed by atoms with Gasteiger partial charge in [0.1, 0.15) is 0 Å². The van der Waals surface area contributed by atoms with Crippen LogP contribution < -0.4 is 5.32 Å². The lowest BCUT2D eigenvalue weighted by Crippen LogP contribution is -2.34. The summed E-state index contributed by atoms with van der Waals surface area (Å²) < 4.78 is 0. The molecule has 1 heterocycles. The van der Waals surface area contributed by atoms with E-state index in [-0.39, 0.29) is 17.0 Å². The van der Waals surface area contributed by atoms with E-state index >= 15 is 0 Å². The van der Waals surface area contributed by atoms with E-state index in [4.69, 9.17) is 0 Å². The van der Waals surface area contributed by atoms with E-state index in [2.05, 4.69) is 21.2 Å². The van der Waals surface area contributed by atoms with Gasteiger partial charge in [0.15, 0.2) is 0 Å². The topological polar surface area (TPSA) is 12.0 Å². The van der Waals surface area contributed by atoms with Crippen molar-refractivity contribution >= 4 is 32.9 Å². The molecule has 0 aromatic heterocycles. The van der Waals surface area contributed by atoms with Crippen molar-refractivity contribution in [3.8, 4) is 0 Å². The number of halogens is 2. The molecule has 0 radical (unpaired) electrons. The van der Waals surface area contributed by atoms with Crippen LogP contribution in [0.5, 0.6) is 0 Å². The largest absolute Gasteiger partial charge is 0.313 e. The van der Waals surface area contributed by atoms with Gasteiger partial charge in [-0.25, -0.2) is 0 Å². The lowest BCUT2D eigenvalue weighted by atomic mass is 10.1. The molecule has 1 aliphatic rings. The Balaban J connectivity index is 0.000000640. The summed E-state index contributed by atoms with van der Waals surface area (Å²) in [6.07, 6.45) is 4.12. The van der Waals surface area contributed by atoms with Crippen molar-refractivity contribution in [3.63, 3.8) is 0 Å². The summed E-state index contributed by atoms with van der Waals surface area (Å²) >= 11 is 3.45. The number of hydrogen-bond donors (Lipinski definition) is 1. The maximum absolute atomic E-state index is 3.45. The summed E-state index contributed by atoms with van der Waals surface area (Å²) in [7, 11) is 0. The molecule has 0 aliphatic carbocycles. The lowest BCUT2D eigenvalue weighted by Gasteiger charge is -2.20. The van der Waals surface area contributed by atoms with Crippen LogP contribution in [0.4, 0.5) is 0 Å². The fourth-order valence-electron chi connectivity index (χ4n) is 1.06.